The molecule has 0 saturated carbocycles. The van der Waals surface area contributed by atoms with Gasteiger partial charge in [0.05, 0.1) is 0 Å². The van der Waals surface area contributed by atoms with Gasteiger partial charge >= 0.3 is 0 Å². The van der Waals surface area contributed by atoms with Gasteiger partial charge in [0.15, 0.2) is 0 Å². The van der Waals surface area contributed by atoms with E-state index in [9.17, 15) is 0 Å². The molecule has 2 aromatic carbocycles. The van der Waals surface area contributed by atoms with E-state index in [0.717, 1.165) is 6.42 Å². The van der Waals surface area contributed by atoms with Crippen molar-refractivity contribution in [3.63, 3.8) is 0 Å². The highest BCUT2D eigenvalue weighted by molar-refractivity contribution is 5.51. The lowest BCUT2D eigenvalue weighted by Gasteiger charge is -1.91. The second kappa shape index (κ2) is 6.49. The van der Waals surface area contributed by atoms with Gasteiger partial charge in [0.2, 0.25) is 0 Å². The van der Waals surface area contributed by atoms with Crippen LogP contribution < -0.4 is 0 Å². The molecule has 0 saturated heterocycles. The van der Waals surface area contributed by atoms with Crippen molar-refractivity contribution in [1.29, 1.82) is 0 Å². The van der Waals surface area contributed by atoms with Gasteiger partial charge in [-0.2, -0.15) is 0 Å². The van der Waals surface area contributed by atoms with E-state index in [1.54, 1.807) is 0 Å². The molecule has 0 aromatic heterocycles. The van der Waals surface area contributed by atoms with Gasteiger partial charge in [0.1, 0.15) is 0 Å². The Labute approximate surface area is 103 Å². The molecule has 0 heteroatoms. The molecule has 0 unspecified atom stereocenters. The number of hydrogen-bond donors (Lipinski definition) is 0. The summed E-state index contributed by atoms with van der Waals surface area (Å²) in [5.74, 6) is 0. The van der Waals surface area contributed by atoms with Gasteiger partial charge < -0.3 is 0 Å². The van der Waals surface area contributed by atoms with E-state index < -0.39 is 0 Å². The molecule has 0 aliphatic rings. The van der Waals surface area contributed by atoms with Crippen LogP contribution in [0.25, 0.3) is 12.2 Å². The summed E-state index contributed by atoms with van der Waals surface area (Å²) in [6, 6.07) is 20.7. The molecule has 0 spiro atoms. The molecule has 0 fully saturated rings. The summed E-state index contributed by atoms with van der Waals surface area (Å²) < 4.78 is 0. The molecule has 84 valence electrons. The van der Waals surface area contributed by atoms with Crippen molar-refractivity contribution >= 4 is 12.2 Å². The largest absolute Gasteiger partial charge is 0.0801 e. The number of hydrogen-bond acceptors (Lipinski definition) is 0. The van der Waals surface area contributed by atoms with Crippen molar-refractivity contribution < 1.29 is 0 Å². The minimum absolute atomic E-state index is 0.962. The Balaban J connectivity index is 1.84. The Kier molecular flexibility index (Phi) is 4.36. The molecule has 0 N–H and O–H groups in total. The molecular weight excluding hydrogens is 204 g/mol. The number of benzene rings is 2. The van der Waals surface area contributed by atoms with Crippen LogP contribution in [0.5, 0.6) is 0 Å². The van der Waals surface area contributed by atoms with Gasteiger partial charge in [-0.3, -0.25) is 0 Å². The predicted octanol–water partition coefficient (Wildman–Crippen LogP) is 4.80. The lowest BCUT2D eigenvalue weighted by molar-refractivity contribution is 1.42. The van der Waals surface area contributed by atoms with Crippen molar-refractivity contribution in [2.45, 2.75) is 6.42 Å². The first-order valence-electron chi connectivity index (χ1n) is 5.88. The zero-order chi connectivity index (χ0) is 11.8. The molecule has 2 rings (SSSR count). The van der Waals surface area contributed by atoms with E-state index in [2.05, 4.69) is 72.8 Å². The maximum atomic E-state index is 2.18. The fraction of sp³-hybridized carbons (Fsp3) is 0.0588. The highest BCUT2D eigenvalue weighted by Crippen LogP contribution is 2.04. The van der Waals surface area contributed by atoms with E-state index in [0.29, 0.717) is 0 Å². The highest BCUT2D eigenvalue weighted by Gasteiger charge is 1.82. The lowest BCUT2D eigenvalue weighted by Crippen LogP contribution is -1.69. The Morgan fingerprint density at radius 3 is 1.41 bits per heavy atom. The van der Waals surface area contributed by atoms with Gasteiger partial charge in [-0.05, 0) is 17.5 Å². The predicted molar refractivity (Wildman–Crippen MR) is 75.6 cm³/mol. The SMILES string of the molecule is C(=C/c1ccccc1)/C/C=C/c1ccccc1. The molecule has 2 aromatic rings. The van der Waals surface area contributed by atoms with Crippen LogP contribution >= 0.6 is 0 Å². The number of allylic oxidation sites excluding steroid dienone is 2. The first-order valence-corrected chi connectivity index (χ1v) is 5.88. The second-order valence-corrected chi connectivity index (χ2v) is 3.86. The van der Waals surface area contributed by atoms with Crippen LogP contribution in [0.1, 0.15) is 17.5 Å². The molecule has 0 amide bonds. The summed E-state index contributed by atoms with van der Waals surface area (Å²) in [5.41, 5.74) is 2.50. The zero-order valence-corrected chi connectivity index (χ0v) is 9.79. The molecule has 0 aliphatic carbocycles. The Morgan fingerprint density at radius 1 is 0.588 bits per heavy atom. The van der Waals surface area contributed by atoms with Gasteiger partial charge in [-0.15, -0.1) is 0 Å². The van der Waals surface area contributed by atoms with E-state index in [4.69, 9.17) is 0 Å². The van der Waals surface area contributed by atoms with E-state index in [1.165, 1.54) is 11.1 Å². The molecule has 0 nitrogen and oxygen atoms in total. The van der Waals surface area contributed by atoms with Crippen LogP contribution in [0.4, 0.5) is 0 Å². The minimum atomic E-state index is 0.962. The van der Waals surface area contributed by atoms with Gasteiger partial charge in [-0.25, -0.2) is 0 Å². The van der Waals surface area contributed by atoms with Crippen LogP contribution in [0.2, 0.25) is 0 Å². The van der Waals surface area contributed by atoms with Crippen LogP contribution in [-0.2, 0) is 0 Å². The topological polar surface area (TPSA) is 0 Å². The summed E-state index contributed by atoms with van der Waals surface area (Å²) in [7, 11) is 0. The summed E-state index contributed by atoms with van der Waals surface area (Å²) in [6.07, 6.45) is 9.61. The lowest BCUT2D eigenvalue weighted by atomic mass is 10.2. The van der Waals surface area contributed by atoms with Gasteiger partial charge in [-0.1, -0.05) is 85.0 Å². The maximum Gasteiger partial charge on any atom is -0.0163 e. The third-order valence-corrected chi connectivity index (χ3v) is 2.49. The van der Waals surface area contributed by atoms with Crippen molar-refractivity contribution in [1.82, 2.24) is 0 Å². The number of rotatable bonds is 4. The molecule has 17 heavy (non-hydrogen) atoms. The molecule has 0 heterocycles. The van der Waals surface area contributed by atoms with Gasteiger partial charge in [0, 0.05) is 0 Å². The average Bonchev–Trinajstić information content (AvgIpc) is 2.41. The Morgan fingerprint density at radius 2 is 1.00 bits per heavy atom. The van der Waals surface area contributed by atoms with Gasteiger partial charge in [0.25, 0.3) is 0 Å². The molecule has 0 radical (unpaired) electrons. The standard InChI is InChI=1S/C17H16/c1-4-10-16(11-5-1)14-8-3-9-15-17-12-6-2-7-13-17/h1-2,4-15H,3H2/b14-8-,15-9+. The Bertz CT molecular complexity index is 430. The van der Waals surface area contributed by atoms with Crippen molar-refractivity contribution in [3.8, 4) is 0 Å². The van der Waals surface area contributed by atoms with Crippen LogP contribution in [0.3, 0.4) is 0 Å². The van der Waals surface area contributed by atoms with Crippen molar-refractivity contribution in [2.75, 3.05) is 0 Å². The molecule has 0 bridgehead atoms. The van der Waals surface area contributed by atoms with E-state index in [-0.39, 0.29) is 0 Å². The quantitative estimate of drug-likeness (QED) is 0.694. The smallest absolute Gasteiger partial charge is 0.0163 e. The maximum absolute atomic E-state index is 2.18. The fourth-order valence-electron chi connectivity index (χ4n) is 1.62. The molecule has 0 atom stereocenters. The van der Waals surface area contributed by atoms with E-state index in [1.807, 2.05) is 12.1 Å². The molecule has 0 aliphatic heterocycles. The van der Waals surface area contributed by atoms with E-state index >= 15 is 0 Å². The van der Waals surface area contributed by atoms with Crippen LogP contribution in [0, 0.1) is 0 Å². The second-order valence-electron chi connectivity index (χ2n) is 3.86. The minimum Gasteiger partial charge on any atom is -0.0801 e. The van der Waals surface area contributed by atoms with Crippen LogP contribution in [-0.4, -0.2) is 0 Å². The molecular formula is C17H16. The normalized spacial score (nSPS) is 11.3. The van der Waals surface area contributed by atoms with Crippen molar-refractivity contribution in [3.05, 3.63) is 83.9 Å². The van der Waals surface area contributed by atoms with Crippen LogP contribution in [0.15, 0.2) is 72.8 Å². The first kappa shape index (κ1) is 11.4. The van der Waals surface area contributed by atoms with Crippen molar-refractivity contribution in [2.24, 2.45) is 0 Å². The third-order valence-electron chi connectivity index (χ3n) is 2.49. The Hall–Kier alpha value is -2.08. The summed E-state index contributed by atoms with van der Waals surface area (Å²) in [5, 5.41) is 0. The fourth-order valence-corrected chi connectivity index (χ4v) is 1.62. The first-order chi connectivity index (χ1) is 8.45. The summed E-state index contributed by atoms with van der Waals surface area (Å²) >= 11 is 0. The zero-order valence-electron chi connectivity index (χ0n) is 9.79. The highest BCUT2D eigenvalue weighted by atomic mass is 13.9. The average molecular weight is 220 g/mol. The summed E-state index contributed by atoms with van der Waals surface area (Å²) in [4.78, 5) is 0. The monoisotopic (exact) mass is 220 g/mol. The third kappa shape index (κ3) is 4.12. The summed E-state index contributed by atoms with van der Waals surface area (Å²) in [6.45, 7) is 0.